The Kier molecular flexibility index (Phi) is 3.19. The highest BCUT2D eigenvalue weighted by Crippen LogP contribution is 2.36. The van der Waals surface area contributed by atoms with E-state index in [9.17, 15) is 8.42 Å². The second-order valence-electron chi connectivity index (χ2n) is 5.87. The van der Waals surface area contributed by atoms with Gasteiger partial charge in [0, 0.05) is 19.3 Å². The summed E-state index contributed by atoms with van der Waals surface area (Å²) < 4.78 is 32.6. The van der Waals surface area contributed by atoms with E-state index < -0.39 is 10.0 Å². The molecule has 0 aromatic carbocycles. The summed E-state index contributed by atoms with van der Waals surface area (Å²) in [5.74, 6) is 1.35. The maximum Gasteiger partial charge on any atom is 0.276 e. The predicted molar refractivity (Wildman–Crippen MR) is 80.4 cm³/mol. The number of aromatic amines is 1. The molecule has 4 rings (SSSR count). The molecule has 0 amide bonds. The van der Waals surface area contributed by atoms with Gasteiger partial charge < -0.3 is 4.42 Å². The van der Waals surface area contributed by atoms with Crippen molar-refractivity contribution in [3.05, 3.63) is 36.5 Å². The van der Waals surface area contributed by atoms with E-state index >= 15 is 0 Å². The van der Waals surface area contributed by atoms with Gasteiger partial charge in [-0.3, -0.25) is 5.10 Å². The zero-order valence-corrected chi connectivity index (χ0v) is 12.8. The molecule has 1 aliphatic heterocycles. The molecule has 1 fully saturated rings. The number of fused-ring (bicyclic) bond motifs is 1. The SMILES string of the molecule is O=S(=O)(c1ccc(-c2ccn[nH]2)o1)N1C[C@H]2CC=CC[C@H]2C1. The van der Waals surface area contributed by atoms with Crippen LogP contribution in [0.1, 0.15) is 12.8 Å². The highest BCUT2D eigenvalue weighted by Gasteiger charge is 2.40. The van der Waals surface area contributed by atoms with Crippen molar-refractivity contribution in [1.29, 1.82) is 0 Å². The smallest absolute Gasteiger partial charge is 0.276 e. The van der Waals surface area contributed by atoms with Gasteiger partial charge in [-0.05, 0) is 42.9 Å². The summed E-state index contributed by atoms with van der Waals surface area (Å²) in [6, 6.07) is 4.92. The molecule has 3 heterocycles. The number of allylic oxidation sites excluding steroid dienone is 2. The van der Waals surface area contributed by atoms with Gasteiger partial charge >= 0.3 is 0 Å². The van der Waals surface area contributed by atoms with Crippen molar-refractivity contribution in [3.63, 3.8) is 0 Å². The van der Waals surface area contributed by atoms with Crippen molar-refractivity contribution < 1.29 is 12.8 Å². The number of H-pyrrole nitrogens is 1. The van der Waals surface area contributed by atoms with E-state index in [0.29, 0.717) is 36.4 Å². The first-order chi connectivity index (χ1) is 10.6. The Morgan fingerprint density at radius 3 is 2.50 bits per heavy atom. The number of rotatable bonds is 3. The average Bonchev–Trinajstić information content (AvgIpc) is 3.25. The fourth-order valence-corrected chi connectivity index (χ4v) is 4.76. The molecule has 0 radical (unpaired) electrons. The molecule has 22 heavy (non-hydrogen) atoms. The molecule has 1 N–H and O–H groups in total. The lowest BCUT2D eigenvalue weighted by Gasteiger charge is -2.18. The maximum absolute atomic E-state index is 12.7. The molecule has 1 aliphatic carbocycles. The maximum atomic E-state index is 12.7. The van der Waals surface area contributed by atoms with E-state index in [2.05, 4.69) is 22.3 Å². The lowest BCUT2D eigenvalue weighted by molar-refractivity contribution is 0.410. The molecular weight excluding hydrogens is 302 g/mol. The zero-order valence-electron chi connectivity index (χ0n) is 12.0. The Morgan fingerprint density at radius 2 is 1.86 bits per heavy atom. The van der Waals surface area contributed by atoms with Crippen molar-refractivity contribution in [3.8, 4) is 11.5 Å². The summed E-state index contributed by atoms with van der Waals surface area (Å²) in [5, 5.41) is 6.62. The molecule has 2 aliphatic rings. The average molecular weight is 319 g/mol. The lowest BCUT2D eigenvalue weighted by Crippen LogP contribution is -2.28. The second-order valence-corrected chi connectivity index (χ2v) is 7.74. The molecule has 7 heteroatoms. The molecule has 2 aromatic rings. The Bertz CT molecular complexity index is 776. The first-order valence-corrected chi connectivity index (χ1v) is 8.83. The standard InChI is InChI=1S/C15H17N3O3S/c19-22(20,18-9-11-3-1-2-4-12(11)10-18)15-6-5-14(21-15)13-7-8-16-17-13/h1-2,5-8,11-12H,3-4,9-10H2,(H,16,17)/t11-,12+. The molecule has 0 bridgehead atoms. The van der Waals surface area contributed by atoms with Crippen LogP contribution in [0.2, 0.25) is 0 Å². The third kappa shape index (κ3) is 2.21. The van der Waals surface area contributed by atoms with Crippen molar-refractivity contribution in [1.82, 2.24) is 14.5 Å². The minimum absolute atomic E-state index is 0.00343. The molecule has 1 saturated heterocycles. The molecule has 6 nitrogen and oxygen atoms in total. The van der Waals surface area contributed by atoms with E-state index in [1.165, 1.54) is 6.07 Å². The molecule has 2 atom stereocenters. The van der Waals surface area contributed by atoms with Crippen molar-refractivity contribution in [2.45, 2.75) is 17.9 Å². The Hall–Kier alpha value is -1.86. The van der Waals surface area contributed by atoms with Gasteiger partial charge in [0.1, 0.15) is 5.69 Å². The topological polar surface area (TPSA) is 79.2 Å². The third-order valence-electron chi connectivity index (χ3n) is 4.53. The van der Waals surface area contributed by atoms with Crippen LogP contribution in [0.5, 0.6) is 0 Å². The van der Waals surface area contributed by atoms with E-state index in [-0.39, 0.29) is 5.09 Å². The van der Waals surface area contributed by atoms with Gasteiger partial charge in [0.2, 0.25) is 5.09 Å². The molecule has 116 valence electrons. The van der Waals surface area contributed by atoms with Gasteiger partial charge in [0.05, 0.1) is 0 Å². The summed E-state index contributed by atoms with van der Waals surface area (Å²) >= 11 is 0. The quantitative estimate of drug-likeness (QED) is 0.880. The van der Waals surface area contributed by atoms with Crippen LogP contribution in [-0.4, -0.2) is 36.0 Å². The van der Waals surface area contributed by atoms with Crippen LogP contribution in [0, 0.1) is 11.8 Å². The first-order valence-electron chi connectivity index (χ1n) is 7.39. The van der Waals surface area contributed by atoms with Gasteiger partial charge in [0.15, 0.2) is 5.76 Å². The van der Waals surface area contributed by atoms with E-state index in [0.717, 1.165) is 12.8 Å². The number of nitrogens with one attached hydrogen (secondary N) is 1. The summed E-state index contributed by atoms with van der Waals surface area (Å²) in [6.45, 7) is 1.16. The number of hydrogen-bond donors (Lipinski definition) is 1. The van der Waals surface area contributed by atoms with Crippen LogP contribution < -0.4 is 0 Å². The molecule has 0 spiro atoms. The Balaban J connectivity index is 1.59. The fraction of sp³-hybridized carbons (Fsp3) is 0.400. The van der Waals surface area contributed by atoms with Gasteiger partial charge in [-0.2, -0.15) is 9.40 Å². The van der Waals surface area contributed by atoms with Crippen molar-refractivity contribution >= 4 is 10.0 Å². The fourth-order valence-electron chi connectivity index (χ4n) is 3.29. The van der Waals surface area contributed by atoms with E-state index in [1.807, 2.05) is 0 Å². The monoisotopic (exact) mass is 319 g/mol. The zero-order chi connectivity index (χ0) is 15.2. The van der Waals surface area contributed by atoms with Crippen LogP contribution in [0.25, 0.3) is 11.5 Å². The van der Waals surface area contributed by atoms with Crippen molar-refractivity contribution in [2.75, 3.05) is 13.1 Å². The summed E-state index contributed by atoms with van der Waals surface area (Å²) in [7, 11) is -3.56. The first kappa shape index (κ1) is 13.8. The largest absolute Gasteiger partial charge is 0.442 e. The van der Waals surface area contributed by atoms with Crippen LogP contribution in [0.4, 0.5) is 0 Å². The highest BCUT2D eigenvalue weighted by atomic mass is 32.2. The number of aromatic nitrogens is 2. The normalized spacial score (nSPS) is 25.5. The van der Waals surface area contributed by atoms with Crippen LogP contribution in [0.3, 0.4) is 0 Å². The van der Waals surface area contributed by atoms with E-state index in [1.54, 1.807) is 22.6 Å². The Morgan fingerprint density at radius 1 is 1.14 bits per heavy atom. The highest BCUT2D eigenvalue weighted by molar-refractivity contribution is 7.89. The number of furan rings is 1. The molecule has 0 saturated carbocycles. The van der Waals surface area contributed by atoms with Crippen LogP contribution >= 0.6 is 0 Å². The van der Waals surface area contributed by atoms with Gasteiger partial charge in [-0.1, -0.05) is 12.2 Å². The Labute approximate surface area is 128 Å². The number of hydrogen-bond acceptors (Lipinski definition) is 4. The summed E-state index contributed by atoms with van der Waals surface area (Å²) in [5.41, 5.74) is 0.667. The lowest BCUT2D eigenvalue weighted by atomic mass is 9.86. The second kappa shape index (κ2) is 5.10. The van der Waals surface area contributed by atoms with E-state index in [4.69, 9.17) is 4.42 Å². The molecule has 2 aromatic heterocycles. The van der Waals surface area contributed by atoms with Gasteiger partial charge in [-0.15, -0.1) is 0 Å². The summed E-state index contributed by atoms with van der Waals surface area (Å²) in [6.07, 6.45) is 7.84. The predicted octanol–water partition coefficient (Wildman–Crippen LogP) is 2.26. The molecule has 0 unspecified atom stereocenters. The minimum Gasteiger partial charge on any atom is -0.442 e. The number of sulfonamides is 1. The van der Waals surface area contributed by atoms with Gasteiger partial charge in [-0.25, -0.2) is 8.42 Å². The van der Waals surface area contributed by atoms with Crippen LogP contribution in [0.15, 0.2) is 46.1 Å². The summed E-state index contributed by atoms with van der Waals surface area (Å²) in [4.78, 5) is 0. The van der Waals surface area contributed by atoms with Gasteiger partial charge in [0.25, 0.3) is 10.0 Å². The van der Waals surface area contributed by atoms with Crippen LogP contribution in [-0.2, 0) is 10.0 Å². The van der Waals surface area contributed by atoms with Crippen molar-refractivity contribution in [2.24, 2.45) is 11.8 Å². The minimum atomic E-state index is -3.56. The third-order valence-corrected chi connectivity index (χ3v) is 6.23. The number of nitrogens with zero attached hydrogens (tertiary/aromatic N) is 2. The molecular formula is C15H17N3O3S.